The monoisotopic (exact) mass is 414 g/mol. The summed E-state index contributed by atoms with van der Waals surface area (Å²) in [6.07, 6.45) is 5.04. The highest BCUT2D eigenvalue weighted by Crippen LogP contribution is 2.35. The lowest BCUT2D eigenvalue weighted by Gasteiger charge is -2.25. The van der Waals surface area contributed by atoms with Crippen LogP contribution >= 0.6 is 0 Å². The van der Waals surface area contributed by atoms with Crippen molar-refractivity contribution >= 4 is 5.71 Å². The molecule has 1 aliphatic carbocycles. The molecule has 0 bridgehead atoms. The van der Waals surface area contributed by atoms with Gasteiger partial charge in [0.15, 0.2) is 0 Å². The minimum absolute atomic E-state index is 0.0389. The van der Waals surface area contributed by atoms with E-state index >= 15 is 0 Å². The minimum atomic E-state index is -0.636. The Morgan fingerprint density at radius 3 is 2.60 bits per heavy atom. The maximum Gasteiger partial charge on any atom is 0.331 e. The fourth-order valence-corrected chi connectivity index (χ4v) is 4.37. The number of rotatable bonds is 5. The zero-order valence-electron chi connectivity index (χ0n) is 17.1. The van der Waals surface area contributed by atoms with Gasteiger partial charge in [-0.05, 0) is 31.0 Å². The molecule has 1 aliphatic heterocycles. The molecule has 1 saturated carbocycles. The number of hydrogen-bond acceptors (Lipinski definition) is 7. The molecular weight excluding hydrogens is 388 g/mol. The van der Waals surface area contributed by atoms with E-state index < -0.39 is 11.2 Å². The van der Waals surface area contributed by atoms with E-state index in [1.165, 1.54) is 4.57 Å². The molecule has 0 radical (unpaired) electrons. The van der Waals surface area contributed by atoms with Gasteiger partial charge in [-0.25, -0.2) is 4.79 Å². The molecule has 0 amide bonds. The first-order valence-electron chi connectivity index (χ1n) is 10.2. The third-order valence-electron chi connectivity index (χ3n) is 5.91. The molecule has 30 heavy (non-hydrogen) atoms. The molecule has 9 nitrogen and oxygen atoms in total. The molecule has 1 aromatic heterocycles. The Labute approximate surface area is 173 Å². The zero-order chi connectivity index (χ0) is 21.3. The summed E-state index contributed by atoms with van der Waals surface area (Å²) in [6.45, 7) is 0. The number of aromatic amines is 1. The van der Waals surface area contributed by atoms with Gasteiger partial charge >= 0.3 is 5.69 Å². The van der Waals surface area contributed by atoms with Crippen LogP contribution in [0.25, 0.3) is 0 Å². The Morgan fingerprint density at radius 2 is 1.90 bits per heavy atom. The molecule has 3 N–H and O–H groups in total. The summed E-state index contributed by atoms with van der Waals surface area (Å²) in [5, 5.41) is 15.2. The number of hydrazone groups is 1. The summed E-state index contributed by atoms with van der Waals surface area (Å²) >= 11 is 0. The van der Waals surface area contributed by atoms with E-state index in [2.05, 4.69) is 15.5 Å². The second-order valence-corrected chi connectivity index (χ2v) is 7.67. The van der Waals surface area contributed by atoms with Gasteiger partial charge in [0.25, 0.3) is 5.56 Å². The number of aromatic hydroxyl groups is 1. The Hall–Kier alpha value is -3.23. The van der Waals surface area contributed by atoms with Crippen LogP contribution < -0.4 is 26.1 Å². The highest BCUT2D eigenvalue weighted by atomic mass is 16.5. The van der Waals surface area contributed by atoms with Gasteiger partial charge in [0.05, 0.1) is 26.0 Å². The topological polar surface area (TPSA) is 118 Å². The normalized spacial score (nSPS) is 19.3. The van der Waals surface area contributed by atoms with Crippen molar-refractivity contribution in [1.29, 1.82) is 0 Å². The number of ether oxygens (including phenoxy) is 2. The quantitative estimate of drug-likeness (QED) is 0.690. The second kappa shape index (κ2) is 8.25. The van der Waals surface area contributed by atoms with Gasteiger partial charge in [-0.15, -0.1) is 0 Å². The van der Waals surface area contributed by atoms with Crippen molar-refractivity contribution < 1.29 is 14.6 Å². The van der Waals surface area contributed by atoms with Gasteiger partial charge in [-0.1, -0.05) is 19.3 Å². The highest BCUT2D eigenvalue weighted by molar-refractivity contribution is 6.03. The van der Waals surface area contributed by atoms with Crippen LogP contribution in [-0.2, 0) is 0 Å². The molecule has 2 aromatic rings. The lowest BCUT2D eigenvalue weighted by Crippen LogP contribution is -2.36. The molecule has 160 valence electrons. The molecule has 0 spiro atoms. The van der Waals surface area contributed by atoms with Crippen molar-refractivity contribution in [3.63, 3.8) is 0 Å². The number of nitrogens with zero attached hydrogens (tertiary/aromatic N) is 2. The van der Waals surface area contributed by atoms with Crippen molar-refractivity contribution in [1.82, 2.24) is 15.0 Å². The molecule has 2 heterocycles. The summed E-state index contributed by atoms with van der Waals surface area (Å²) in [4.78, 5) is 27.4. The first kappa shape index (κ1) is 20.1. The summed E-state index contributed by atoms with van der Waals surface area (Å²) in [7, 11) is 3.17. The number of H-pyrrole nitrogens is 1. The Kier molecular flexibility index (Phi) is 5.52. The van der Waals surface area contributed by atoms with E-state index in [0.717, 1.165) is 37.7 Å². The van der Waals surface area contributed by atoms with Gasteiger partial charge in [-0.3, -0.25) is 14.3 Å². The molecule has 9 heteroatoms. The maximum atomic E-state index is 12.6. The van der Waals surface area contributed by atoms with E-state index in [0.29, 0.717) is 23.6 Å². The number of nitrogens with one attached hydrogen (secondary N) is 2. The van der Waals surface area contributed by atoms with E-state index in [1.54, 1.807) is 26.4 Å². The fourth-order valence-electron chi connectivity index (χ4n) is 4.37. The number of aromatic nitrogens is 2. The van der Waals surface area contributed by atoms with Crippen molar-refractivity contribution in [3.05, 3.63) is 50.2 Å². The summed E-state index contributed by atoms with van der Waals surface area (Å²) in [5.41, 5.74) is 3.06. The van der Waals surface area contributed by atoms with Crippen LogP contribution in [-0.4, -0.2) is 34.6 Å². The van der Waals surface area contributed by atoms with Crippen LogP contribution in [0.4, 0.5) is 0 Å². The van der Waals surface area contributed by atoms with E-state index in [4.69, 9.17) is 9.47 Å². The Balaban J connectivity index is 1.68. The van der Waals surface area contributed by atoms with Crippen molar-refractivity contribution in [2.75, 3.05) is 14.2 Å². The van der Waals surface area contributed by atoms with Crippen LogP contribution in [0.2, 0.25) is 0 Å². The number of benzene rings is 1. The largest absolute Gasteiger partial charge is 0.497 e. The van der Waals surface area contributed by atoms with Gasteiger partial charge < -0.3 is 20.0 Å². The molecule has 1 fully saturated rings. The van der Waals surface area contributed by atoms with Crippen molar-refractivity contribution in [2.45, 2.75) is 50.6 Å². The predicted octanol–water partition coefficient (Wildman–Crippen LogP) is 2.20. The van der Waals surface area contributed by atoms with Crippen LogP contribution in [0.3, 0.4) is 0 Å². The van der Waals surface area contributed by atoms with Gasteiger partial charge in [0.2, 0.25) is 5.88 Å². The molecule has 1 unspecified atom stereocenters. The average Bonchev–Trinajstić information content (AvgIpc) is 3.23. The van der Waals surface area contributed by atoms with E-state index in [1.807, 2.05) is 6.07 Å². The van der Waals surface area contributed by atoms with Crippen LogP contribution in [0.15, 0.2) is 32.9 Å². The molecule has 1 aromatic carbocycles. The molecule has 1 atom stereocenters. The van der Waals surface area contributed by atoms with E-state index in [-0.39, 0.29) is 23.5 Å². The molecular formula is C21H26N4O5. The lowest BCUT2D eigenvalue weighted by molar-refractivity contribution is 0.298. The van der Waals surface area contributed by atoms with Gasteiger partial charge in [0, 0.05) is 18.0 Å². The van der Waals surface area contributed by atoms with Gasteiger partial charge in [-0.2, -0.15) is 5.10 Å². The fraction of sp³-hybridized carbons (Fsp3) is 0.476. The lowest BCUT2D eigenvalue weighted by atomic mass is 9.95. The van der Waals surface area contributed by atoms with Crippen molar-refractivity contribution in [3.8, 4) is 17.4 Å². The first-order valence-corrected chi connectivity index (χ1v) is 10.2. The SMILES string of the molecule is COc1ccc(OC)c(C2CC(c3c(O)n(C4CCCCC4)c(=O)[nH]c3=O)=NN2)c1. The third-order valence-corrected chi connectivity index (χ3v) is 5.91. The Bertz CT molecular complexity index is 1080. The molecule has 0 saturated heterocycles. The molecule has 4 rings (SSSR count). The van der Waals surface area contributed by atoms with Gasteiger partial charge in [0.1, 0.15) is 17.1 Å². The second-order valence-electron chi connectivity index (χ2n) is 7.67. The molecule has 2 aliphatic rings. The average molecular weight is 414 g/mol. The van der Waals surface area contributed by atoms with Crippen LogP contribution in [0.1, 0.15) is 61.7 Å². The summed E-state index contributed by atoms with van der Waals surface area (Å²) in [6, 6.07) is 5.07. The smallest absolute Gasteiger partial charge is 0.331 e. The van der Waals surface area contributed by atoms with E-state index in [9.17, 15) is 14.7 Å². The number of methoxy groups -OCH3 is 2. The highest BCUT2D eigenvalue weighted by Gasteiger charge is 2.30. The van der Waals surface area contributed by atoms with Crippen LogP contribution in [0, 0.1) is 0 Å². The summed E-state index contributed by atoms with van der Waals surface area (Å²) in [5.74, 6) is 1.03. The predicted molar refractivity (Wildman–Crippen MR) is 112 cm³/mol. The standard InChI is InChI=1S/C21H26N4O5/c1-29-13-8-9-17(30-2)14(10-13)15-11-16(24-23-15)18-19(26)22-21(28)25(20(18)27)12-6-4-3-5-7-12/h8-10,12,15,23,27H,3-7,11H2,1-2H3,(H,22,26,28). The van der Waals surface area contributed by atoms with Crippen molar-refractivity contribution in [2.24, 2.45) is 5.10 Å². The summed E-state index contributed by atoms with van der Waals surface area (Å²) < 4.78 is 12.1. The minimum Gasteiger partial charge on any atom is -0.497 e. The zero-order valence-corrected chi connectivity index (χ0v) is 17.1. The maximum absolute atomic E-state index is 12.6. The van der Waals surface area contributed by atoms with Crippen LogP contribution in [0.5, 0.6) is 17.4 Å². The number of hydrogen-bond donors (Lipinski definition) is 3. The Morgan fingerprint density at radius 1 is 1.13 bits per heavy atom. The third kappa shape index (κ3) is 3.55. The first-order chi connectivity index (χ1) is 14.5.